The Balaban J connectivity index is 2.63. The van der Waals surface area contributed by atoms with E-state index in [1.807, 2.05) is 6.08 Å². The molecule has 1 saturated heterocycles. The summed E-state index contributed by atoms with van der Waals surface area (Å²) in [6.07, 6.45) is 5.64. The number of hydrogen-bond acceptors (Lipinski definition) is 2. The van der Waals surface area contributed by atoms with Crippen LogP contribution in [0, 0.1) is 5.92 Å². The van der Waals surface area contributed by atoms with E-state index >= 15 is 0 Å². The fourth-order valence-electron chi connectivity index (χ4n) is 2.16. The Morgan fingerprint density at radius 1 is 1.35 bits per heavy atom. The predicted molar refractivity (Wildman–Crippen MR) is 93.0 cm³/mol. The van der Waals surface area contributed by atoms with Crippen LogP contribution >= 0.6 is 0 Å². The van der Waals surface area contributed by atoms with Gasteiger partial charge in [-0.05, 0) is 0 Å². The van der Waals surface area contributed by atoms with Gasteiger partial charge in [-0.1, -0.05) is 0 Å². The van der Waals surface area contributed by atoms with Crippen LogP contribution in [0.3, 0.4) is 0 Å². The maximum absolute atomic E-state index is 6.41. The predicted octanol–water partition coefficient (Wildman–Crippen LogP) is 3.59. The number of hydrogen-bond donors (Lipinski definition) is 0. The van der Waals surface area contributed by atoms with E-state index in [4.69, 9.17) is 4.43 Å². The van der Waals surface area contributed by atoms with Crippen molar-refractivity contribution in [2.45, 2.75) is 58.2 Å². The van der Waals surface area contributed by atoms with E-state index in [1.54, 1.807) is 0 Å². The first kappa shape index (κ1) is 18.2. The van der Waals surface area contributed by atoms with Crippen LogP contribution in [0.5, 0.6) is 0 Å². The zero-order valence-corrected chi connectivity index (χ0v) is 16.6. The molecule has 20 heavy (non-hydrogen) atoms. The summed E-state index contributed by atoms with van der Waals surface area (Å²) in [6.45, 7) is 18.7. The summed E-state index contributed by atoms with van der Waals surface area (Å²) >= 11 is 3.31. The molecule has 0 bridgehead atoms. The minimum absolute atomic E-state index is 0.275. The third-order valence-electron chi connectivity index (χ3n) is 4.67. The second-order valence-electron chi connectivity index (χ2n) is 7.33. The molecular weight excluding hydrogens is 329 g/mol. The molecule has 1 heterocycles. The van der Waals surface area contributed by atoms with E-state index < -0.39 is 8.32 Å². The number of nitrogens with zero attached hydrogens (tertiary/aromatic N) is 1. The molecule has 0 aromatic carbocycles. The average molecular weight is 360 g/mol. The summed E-state index contributed by atoms with van der Waals surface area (Å²) in [5, 5.41) is 0.275. The van der Waals surface area contributed by atoms with Gasteiger partial charge in [-0.15, -0.1) is 0 Å². The second-order valence-corrected chi connectivity index (χ2v) is 13.0. The van der Waals surface area contributed by atoms with Gasteiger partial charge in [-0.25, -0.2) is 0 Å². The van der Waals surface area contributed by atoms with Crippen molar-refractivity contribution < 1.29 is 4.43 Å². The molecule has 1 rings (SSSR count). The van der Waals surface area contributed by atoms with Crippen molar-refractivity contribution in [3.8, 4) is 0 Å². The molecule has 0 aromatic rings. The van der Waals surface area contributed by atoms with Crippen LogP contribution in [0.25, 0.3) is 0 Å². The molecule has 1 aliphatic heterocycles. The van der Waals surface area contributed by atoms with Gasteiger partial charge in [0.25, 0.3) is 0 Å². The van der Waals surface area contributed by atoms with E-state index in [9.17, 15) is 0 Å². The average Bonchev–Trinajstić information content (AvgIpc) is 2.85. The van der Waals surface area contributed by atoms with Crippen molar-refractivity contribution in [2.75, 3.05) is 19.7 Å². The molecule has 1 atom stereocenters. The van der Waals surface area contributed by atoms with Gasteiger partial charge in [0, 0.05) is 0 Å². The summed E-state index contributed by atoms with van der Waals surface area (Å²) in [5.41, 5.74) is 0. The first-order valence-corrected chi connectivity index (χ1v) is 11.5. The molecule has 0 radical (unpaired) electrons. The fraction of sp³-hybridized carbons (Fsp3) is 0.812. The van der Waals surface area contributed by atoms with Gasteiger partial charge in [0.1, 0.15) is 0 Å². The quantitative estimate of drug-likeness (QED) is 0.508. The Morgan fingerprint density at radius 2 is 1.90 bits per heavy atom. The zero-order valence-electron chi connectivity index (χ0n) is 13.9. The summed E-state index contributed by atoms with van der Waals surface area (Å²) in [5.74, 6) is 0.444. The van der Waals surface area contributed by atoms with Gasteiger partial charge >= 0.3 is 134 Å². The second kappa shape index (κ2) is 7.39. The molecule has 2 nitrogen and oxygen atoms in total. The van der Waals surface area contributed by atoms with Crippen molar-refractivity contribution in [1.82, 2.24) is 4.90 Å². The fourth-order valence-corrected chi connectivity index (χ4v) is 3.94. The van der Waals surface area contributed by atoms with Gasteiger partial charge in [0.15, 0.2) is 0 Å². The Morgan fingerprint density at radius 3 is 2.35 bits per heavy atom. The standard InChI is InChI=1S/C16H31NOSeSi/c1-7-10-14(15(19)17-11-8-9-12-17)13-18-20(5,6)16(2,3)4/h7,14H,1,8-13H2,2-6H3. The monoisotopic (exact) mass is 361 g/mol. The van der Waals surface area contributed by atoms with Crippen LogP contribution in [0.1, 0.15) is 40.0 Å². The minimum atomic E-state index is -1.66. The first-order valence-electron chi connectivity index (χ1n) is 7.72. The van der Waals surface area contributed by atoms with Gasteiger partial charge in [0.05, 0.1) is 0 Å². The van der Waals surface area contributed by atoms with Crippen molar-refractivity contribution in [2.24, 2.45) is 5.92 Å². The molecule has 0 aliphatic carbocycles. The van der Waals surface area contributed by atoms with Crippen molar-refractivity contribution >= 4 is 28.4 Å². The summed E-state index contributed by atoms with van der Waals surface area (Å²) < 4.78 is 7.79. The summed E-state index contributed by atoms with van der Waals surface area (Å²) in [7, 11) is -1.66. The molecule has 1 fully saturated rings. The van der Waals surface area contributed by atoms with Gasteiger partial charge < -0.3 is 0 Å². The molecule has 116 valence electrons. The SMILES string of the molecule is C=CCC(CO[Si](C)(C)C(C)(C)C)C(=[Se])N1CCCC1. The first-order chi connectivity index (χ1) is 9.19. The molecular formula is C16H31NOSeSi. The van der Waals surface area contributed by atoms with E-state index in [0.29, 0.717) is 5.92 Å². The summed E-state index contributed by atoms with van der Waals surface area (Å²) in [4.78, 5) is 2.49. The Labute approximate surface area is 134 Å². The van der Waals surface area contributed by atoms with Crippen LogP contribution in [-0.4, -0.2) is 53.0 Å². The van der Waals surface area contributed by atoms with Crippen LogP contribution < -0.4 is 0 Å². The topological polar surface area (TPSA) is 12.5 Å². The number of likely N-dealkylation sites (tertiary alicyclic amines) is 1. The van der Waals surface area contributed by atoms with Crippen molar-refractivity contribution in [3.05, 3.63) is 12.7 Å². The van der Waals surface area contributed by atoms with Crippen molar-refractivity contribution in [3.63, 3.8) is 0 Å². The molecule has 0 aromatic heterocycles. The molecule has 4 heteroatoms. The third kappa shape index (κ3) is 4.83. The van der Waals surface area contributed by atoms with Crippen LogP contribution in [0.4, 0.5) is 0 Å². The molecule has 1 aliphatic rings. The zero-order chi connectivity index (χ0) is 15.4. The van der Waals surface area contributed by atoms with Crippen LogP contribution in [0.2, 0.25) is 18.1 Å². The molecule has 0 saturated carbocycles. The summed E-state index contributed by atoms with van der Waals surface area (Å²) in [6, 6.07) is 0. The molecule has 0 amide bonds. The molecule has 0 spiro atoms. The maximum atomic E-state index is 6.41. The van der Waals surface area contributed by atoms with Gasteiger partial charge in [0.2, 0.25) is 0 Å². The van der Waals surface area contributed by atoms with Gasteiger partial charge in [-0.3, -0.25) is 0 Å². The number of rotatable bonds is 7. The Bertz CT molecular complexity index is 343. The van der Waals surface area contributed by atoms with Crippen molar-refractivity contribution in [1.29, 1.82) is 0 Å². The Hall–Kier alpha value is 0.106. The van der Waals surface area contributed by atoms with E-state index in [0.717, 1.165) is 13.0 Å². The normalized spacial score (nSPS) is 18.1. The Kier molecular flexibility index (Phi) is 6.71. The van der Waals surface area contributed by atoms with E-state index in [2.05, 4.69) is 60.9 Å². The van der Waals surface area contributed by atoms with E-state index in [1.165, 1.54) is 30.5 Å². The molecule has 0 N–H and O–H groups in total. The number of allylic oxidation sites excluding steroid dienone is 1. The van der Waals surface area contributed by atoms with Gasteiger partial charge in [-0.2, -0.15) is 0 Å². The van der Waals surface area contributed by atoms with E-state index in [-0.39, 0.29) is 5.04 Å². The van der Waals surface area contributed by atoms with Crippen LogP contribution in [0.15, 0.2) is 12.7 Å². The third-order valence-corrected chi connectivity index (χ3v) is 10.4. The van der Waals surface area contributed by atoms with Crippen LogP contribution in [-0.2, 0) is 4.43 Å². The molecule has 1 unspecified atom stereocenters.